The molecule has 0 bridgehead atoms. The molecule has 3 nitrogen and oxygen atoms in total. The first-order chi connectivity index (χ1) is 6.77. The molecule has 0 aromatic carbocycles. The Hall–Kier alpha value is -1.03. The van der Waals surface area contributed by atoms with Crippen molar-refractivity contribution in [1.82, 2.24) is 0 Å². The number of methoxy groups -OCH3 is 1. The molecule has 0 aliphatic heterocycles. The molecule has 1 atom stereocenters. The van der Waals surface area contributed by atoms with Crippen molar-refractivity contribution in [2.24, 2.45) is 5.92 Å². The zero-order valence-electron chi connectivity index (χ0n) is 8.45. The van der Waals surface area contributed by atoms with Gasteiger partial charge in [0.1, 0.15) is 0 Å². The molecule has 0 saturated heterocycles. The van der Waals surface area contributed by atoms with Crippen LogP contribution in [0.2, 0.25) is 0 Å². The maximum Gasteiger partial charge on any atom is 0.310 e. The molecule has 1 rings (SSSR count). The summed E-state index contributed by atoms with van der Waals surface area (Å²) in [5, 5.41) is 6.30. The first kappa shape index (κ1) is 11.0. The van der Waals surface area contributed by atoms with E-state index < -0.39 is 0 Å². The lowest BCUT2D eigenvalue weighted by Crippen LogP contribution is -2.23. The Bertz CT molecular complexity index is 272. The smallest absolute Gasteiger partial charge is 0.310 e. The van der Waals surface area contributed by atoms with Gasteiger partial charge in [0.05, 0.1) is 18.0 Å². The van der Waals surface area contributed by atoms with Crippen molar-refractivity contribution >= 4 is 22.3 Å². The van der Waals surface area contributed by atoms with Gasteiger partial charge in [-0.15, -0.1) is 11.3 Å². The summed E-state index contributed by atoms with van der Waals surface area (Å²) in [4.78, 5) is 11.2. The Balaban J connectivity index is 2.38. The molecule has 4 heteroatoms. The van der Waals surface area contributed by atoms with Crippen LogP contribution in [0.1, 0.15) is 13.3 Å². The molecule has 0 aliphatic carbocycles. The third-order valence-electron chi connectivity index (χ3n) is 2.07. The zero-order valence-corrected chi connectivity index (χ0v) is 9.26. The van der Waals surface area contributed by atoms with Crippen LogP contribution in [0.5, 0.6) is 0 Å². The minimum atomic E-state index is -0.142. The van der Waals surface area contributed by atoms with Crippen LogP contribution < -0.4 is 5.32 Å². The molecule has 1 aromatic rings. The second kappa shape index (κ2) is 5.65. The van der Waals surface area contributed by atoms with E-state index in [1.165, 1.54) is 7.11 Å². The molecule has 1 aromatic heterocycles. The Morgan fingerprint density at radius 1 is 1.71 bits per heavy atom. The number of rotatable bonds is 5. The van der Waals surface area contributed by atoms with Gasteiger partial charge in [-0.1, -0.05) is 6.92 Å². The maximum absolute atomic E-state index is 11.2. The van der Waals surface area contributed by atoms with Crippen molar-refractivity contribution in [3.63, 3.8) is 0 Å². The predicted molar refractivity (Wildman–Crippen MR) is 58.6 cm³/mol. The van der Waals surface area contributed by atoms with Crippen molar-refractivity contribution in [3.05, 3.63) is 17.5 Å². The lowest BCUT2D eigenvalue weighted by Gasteiger charge is -2.12. The molecule has 0 spiro atoms. The molecule has 14 heavy (non-hydrogen) atoms. The minimum absolute atomic E-state index is 0.0536. The van der Waals surface area contributed by atoms with Crippen LogP contribution in [0.25, 0.3) is 0 Å². The largest absolute Gasteiger partial charge is 0.469 e. The van der Waals surface area contributed by atoms with E-state index in [1.807, 2.05) is 24.4 Å². The van der Waals surface area contributed by atoms with Gasteiger partial charge in [-0.05, 0) is 23.9 Å². The number of ether oxygens (including phenoxy) is 1. The third kappa shape index (κ3) is 3.03. The molecule has 0 aliphatic rings. The summed E-state index contributed by atoms with van der Waals surface area (Å²) in [5.74, 6) is -0.196. The van der Waals surface area contributed by atoms with Gasteiger partial charge >= 0.3 is 5.97 Å². The highest BCUT2D eigenvalue weighted by atomic mass is 32.1. The van der Waals surface area contributed by atoms with Crippen LogP contribution in [0.3, 0.4) is 0 Å². The molecule has 0 radical (unpaired) electrons. The van der Waals surface area contributed by atoms with Crippen LogP contribution in [0, 0.1) is 5.92 Å². The number of thiophene rings is 1. The molecular weight excluding hydrogens is 198 g/mol. The van der Waals surface area contributed by atoms with E-state index in [2.05, 4.69) is 5.32 Å². The maximum atomic E-state index is 11.2. The van der Waals surface area contributed by atoms with Gasteiger partial charge in [-0.25, -0.2) is 0 Å². The number of carbonyl (C=O) groups is 1. The van der Waals surface area contributed by atoms with E-state index >= 15 is 0 Å². The molecule has 0 amide bonds. The zero-order chi connectivity index (χ0) is 10.4. The van der Waals surface area contributed by atoms with Crippen LogP contribution in [-0.4, -0.2) is 19.6 Å². The van der Waals surface area contributed by atoms with Crippen LogP contribution in [0.4, 0.5) is 5.00 Å². The molecular formula is C10H15NO2S. The molecule has 1 N–H and O–H groups in total. The summed E-state index contributed by atoms with van der Waals surface area (Å²) in [7, 11) is 1.43. The highest BCUT2D eigenvalue weighted by Crippen LogP contribution is 2.16. The highest BCUT2D eigenvalue weighted by molar-refractivity contribution is 7.14. The number of nitrogens with one attached hydrogen (secondary N) is 1. The molecule has 0 fully saturated rings. The molecule has 0 saturated carbocycles. The summed E-state index contributed by atoms with van der Waals surface area (Å²) in [6, 6.07) is 3.97. The van der Waals surface area contributed by atoms with Crippen molar-refractivity contribution in [2.45, 2.75) is 13.3 Å². The van der Waals surface area contributed by atoms with E-state index in [9.17, 15) is 4.79 Å². The minimum Gasteiger partial charge on any atom is -0.469 e. The topological polar surface area (TPSA) is 38.3 Å². The lowest BCUT2D eigenvalue weighted by atomic mass is 10.1. The monoisotopic (exact) mass is 213 g/mol. The Morgan fingerprint density at radius 3 is 3.00 bits per heavy atom. The number of anilines is 1. The average molecular weight is 213 g/mol. The Labute approximate surface area is 88.1 Å². The van der Waals surface area contributed by atoms with Crippen LogP contribution in [0.15, 0.2) is 17.5 Å². The van der Waals surface area contributed by atoms with Crippen molar-refractivity contribution in [2.75, 3.05) is 19.0 Å². The molecule has 1 unspecified atom stereocenters. The second-order valence-corrected chi connectivity index (χ2v) is 3.93. The van der Waals surface area contributed by atoms with E-state index in [0.717, 1.165) is 11.4 Å². The lowest BCUT2D eigenvalue weighted by molar-refractivity contribution is -0.145. The van der Waals surface area contributed by atoms with Crippen LogP contribution in [-0.2, 0) is 9.53 Å². The number of hydrogen-bond acceptors (Lipinski definition) is 4. The Kier molecular flexibility index (Phi) is 4.46. The normalized spacial score (nSPS) is 12.1. The van der Waals surface area contributed by atoms with Crippen molar-refractivity contribution < 1.29 is 9.53 Å². The number of esters is 1. The van der Waals surface area contributed by atoms with Gasteiger partial charge in [0.15, 0.2) is 0 Å². The number of carbonyl (C=O) groups excluding carboxylic acids is 1. The second-order valence-electron chi connectivity index (χ2n) is 2.99. The van der Waals surface area contributed by atoms with E-state index in [0.29, 0.717) is 6.54 Å². The van der Waals surface area contributed by atoms with Crippen LogP contribution >= 0.6 is 11.3 Å². The fraction of sp³-hybridized carbons (Fsp3) is 0.500. The number of hydrogen-bond donors (Lipinski definition) is 1. The first-order valence-corrected chi connectivity index (χ1v) is 5.51. The summed E-state index contributed by atoms with van der Waals surface area (Å²) in [6.07, 6.45) is 0.797. The highest BCUT2D eigenvalue weighted by Gasteiger charge is 2.16. The molecule has 1 heterocycles. The summed E-state index contributed by atoms with van der Waals surface area (Å²) in [5.41, 5.74) is 0. The first-order valence-electron chi connectivity index (χ1n) is 4.63. The van der Waals surface area contributed by atoms with Gasteiger partial charge in [-0.2, -0.15) is 0 Å². The van der Waals surface area contributed by atoms with Gasteiger partial charge in [-0.3, -0.25) is 4.79 Å². The fourth-order valence-electron chi connectivity index (χ4n) is 1.16. The average Bonchev–Trinajstić information content (AvgIpc) is 2.71. The fourth-order valence-corrected chi connectivity index (χ4v) is 1.79. The predicted octanol–water partition coefficient (Wildman–Crippen LogP) is 2.36. The third-order valence-corrected chi connectivity index (χ3v) is 2.90. The quantitative estimate of drug-likeness (QED) is 0.763. The Morgan fingerprint density at radius 2 is 2.50 bits per heavy atom. The van der Waals surface area contributed by atoms with Gasteiger partial charge in [0.25, 0.3) is 0 Å². The standard InChI is InChI=1S/C10H15NO2S/c1-3-8(10(12)13-2)7-11-9-5-4-6-14-9/h4-6,8,11H,3,7H2,1-2H3. The van der Waals surface area contributed by atoms with Gasteiger partial charge in [0.2, 0.25) is 0 Å². The van der Waals surface area contributed by atoms with E-state index in [4.69, 9.17) is 4.74 Å². The summed E-state index contributed by atoms with van der Waals surface area (Å²) in [6.45, 7) is 2.63. The SMILES string of the molecule is CCC(CNc1cccs1)C(=O)OC. The summed E-state index contributed by atoms with van der Waals surface area (Å²) >= 11 is 1.63. The molecule has 78 valence electrons. The van der Waals surface area contributed by atoms with Gasteiger partial charge < -0.3 is 10.1 Å². The van der Waals surface area contributed by atoms with E-state index in [-0.39, 0.29) is 11.9 Å². The van der Waals surface area contributed by atoms with Crippen molar-refractivity contribution in [3.8, 4) is 0 Å². The summed E-state index contributed by atoms with van der Waals surface area (Å²) < 4.78 is 4.70. The van der Waals surface area contributed by atoms with Crippen molar-refractivity contribution in [1.29, 1.82) is 0 Å². The van der Waals surface area contributed by atoms with Gasteiger partial charge in [0, 0.05) is 6.54 Å². The van der Waals surface area contributed by atoms with E-state index in [1.54, 1.807) is 11.3 Å².